The number of aryl methyl sites for hydroxylation is 1. The monoisotopic (exact) mass is 429 g/mol. The van der Waals surface area contributed by atoms with E-state index in [9.17, 15) is 9.59 Å². The second kappa shape index (κ2) is 8.35. The summed E-state index contributed by atoms with van der Waals surface area (Å²) in [7, 11) is 1.59. The second-order valence-electron chi connectivity index (χ2n) is 6.19. The predicted molar refractivity (Wildman–Crippen MR) is 107 cm³/mol. The van der Waals surface area contributed by atoms with Crippen LogP contribution in [0.25, 0.3) is 10.9 Å². The van der Waals surface area contributed by atoms with Gasteiger partial charge in [0.15, 0.2) is 0 Å². The Bertz CT molecular complexity index is 997. The number of ether oxygens (including phenoxy) is 1. The molecule has 0 aliphatic heterocycles. The van der Waals surface area contributed by atoms with Crippen LogP contribution in [0, 0.1) is 6.92 Å². The number of nitrogens with one attached hydrogen (secondary N) is 1. The lowest BCUT2D eigenvalue weighted by molar-refractivity contribution is -0.121. The lowest BCUT2D eigenvalue weighted by atomic mass is 10.1. The van der Waals surface area contributed by atoms with Gasteiger partial charge in [0.2, 0.25) is 11.8 Å². The van der Waals surface area contributed by atoms with Crippen LogP contribution in [-0.2, 0) is 11.3 Å². The van der Waals surface area contributed by atoms with Gasteiger partial charge in [-0.3, -0.25) is 9.59 Å². The van der Waals surface area contributed by atoms with E-state index < -0.39 is 0 Å². The maximum atomic E-state index is 12.4. The number of carbonyl (C=O) groups excluding carboxylic acids is 2. The van der Waals surface area contributed by atoms with Crippen LogP contribution in [0.1, 0.15) is 28.8 Å². The van der Waals surface area contributed by atoms with Crippen molar-refractivity contribution in [1.29, 1.82) is 0 Å². The molecule has 1 aromatic heterocycles. The maximum Gasteiger partial charge on any atom is 0.247 e. The molecule has 1 amide bonds. The molecule has 0 spiro atoms. The lowest BCUT2D eigenvalue weighted by Crippen LogP contribution is -2.24. The summed E-state index contributed by atoms with van der Waals surface area (Å²) in [6, 6.07) is 11.3. The quantitative estimate of drug-likeness (QED) is 0.645. The van der Waals surface area contributed by atoms with Gasteiger partial charge in [-0.2, -0.15) is 5.10 Å². The van der Waals surface area contributed by atoms with E-state index in [1.807, 2.05) is 43.3 Å². The van der Waals surface area contributed by atoms with Gasteiger partial charge >= 0.3 is 0 Å². The van der Waals surface area contributed by atoms with Crippen molar-refractivity contribution < 1.29 is 14.3 Å². The van der Waals surface area contributed by atoms with E-state index in [-0.39, 0.29) is 24.7 Å². The van der Waals surface area contributed by atoms with Gasteiger partial charge in [0.1, 0.15) is 5.75 Å². The van der Waals surface area contributed by atoms with Crippen molar-refractivity contribution in [2.24, 2.45) is 0 Å². The molecule has 6 nitrogen and oxygen atoms in total. The summed E-state index contributed by atoms with van der Waals surface area (Å²) < 4.78 is 7.57. The third-order valence-corrected chi connectivity index (χ3v) is 4.85. The number of benzene rings is 2. The minimum absolute atomic E-state index is 0.0895. The first-order chi connectivity index (χ1) is 13.0. The Morgan fingerprint density at radius 3 is 2.81 bits per heavy atom. The highest BCUT2D eigenvalue weighted by Gasteiger charge is 2.14. The number of hydrogen-bond acceptors (Lipinski definition) is 4. The molecule has 0 unspecified atom stereocenters. The van der Waals surface area contributed by atoms with Crippen molar-refractivity contribution >= 4 is 38.6 Å². The van der Waals surface area contributed by atoms with E-state index in [2.05, 4.69) is 26.3 Å². The molecule has 7 heteroatoms. The fourth-order valence-electron chi connectivity index (χ4n) is 2.89. The van der Waals surface area contributed by atoms with Crippen molar-refractivity contribution in [2.75, 3.05) is 7.11 Å². The zero-order chi connectivity index (χ0) is 19.4. The average molecular weight is 430 g/mol. The van der Waals surface area contributed by atoms with Crippen LogP contribution in [0.3, 0.4) is 0 Å². The minimum Gasteiger partial charge on any atom is -0.496 e. The van der Waals surface area contributed by atoms with Crippen molar-refractivity contribution in [1.82, 2.24) is 15.1 Å². The first-order valence-electron chi connectivity index (χ1n) is 8.55. The Hall–Kier alpha value is -2.67. The summed E-state index contributed by atoms with van der Waals surface area (Å²) in [6.07, 6.45) is 1.87. The van der Waals surface area contributed by atoms with Gasteiger partial charge in [-0.25, -0.2) is 4.68 Å². The normalized spacial score (nSPS) is 10.8. The van der Waals surface area contributed by atoms with E-state index in [4.69, 9.17) is 4.74 Å². The topological polar surface area (TPSA) is 73.2 Å². The molecular weight excluding hydrogens is 410 g/mol. The minimum atomic E-state index is -0.203. The number of hydrogen-bond donors (Lipinski definition) is 1. The molecule has 0 saturated carbocycles. The fraction of sp³-hybridized carbons (Fsp3) is 0.250. The molecule has 0 atom stereocenters. The van der Waals surface area contributed by atoms with Gasteiger partial charge < -0.3 is 10.1 Å². The standard InChI is InChI=1S/C20H20BrN3O3/c1-13-4-3-5-17-16(13)12-23-24(17)20(26)9-8-19(25)22-11-14-10-15(21)6-7-18(14)27-2/h3-7,10,12H,8-9,11H2,1-2H3,(H,22,25). The Morgan fingerprint density at radius 2 is 2.04 bits per heavy atom. The molecule has 3 aromatic rings. The summed E-state index contributed by atoms with van der Waals surface area (Å²) in [5.74, 6) is 0.303. The van der Waals surface area contributed by atoms with Crippen molar-refractivity contribution in [3.63, 3.8) is 0 Å². The molecule has 0 fully saturated rings. The van der Waals surface area contributed by atoms with Crippen LogP contribution >= 0.6 is 15.9 Å². The van der Waals surface area contributed by atoms with Crippen LogP contribution in [0.2, 0.25) is 0 Å². The highest BCUT2D eigenvalue weighted by atomic mass is 79.9. The van der Waals surface area contributed by atoms with Gasteiger partial charge in [-0.1, -0.05) is 28.1 Å². The number of carbonyl (C=O) groups is 2. The van der Waals surface area contributed by atoms with E-state index in [0.717, 1.165) is 26.5 Å². The van der Waals surface area contributed by atoms with Crippen LogP contribution in [-0.4, -0.2) is 28.7 Å². The molecule has 0 aliphatic rings. The van der Waals surface area contributed by atoms with Crippen molar-refractivity contribution in [3.8, 4) is 5.75 Å². The smallest absolute Gasteiger partial charge is 0.247 e. The molecule has 1 N–H and O–H groups in total. The number of halogens is 1. The summed E-state index contributed by atoms with van der Waals surface area (Å²) >= 11 is 3.41. The summed E-state index contributed by atoms with van der Waals surface area (Å²) in [5.41, 5.74) is 2.69. The molecule has 0 bridgehead atoms. The van der Waals surface area contributed by atoms with Gasteiger partial charge in [0.25, 0.3) is 0 Å². The van der Waals surface area contributed by atoms with Gasteiger partial charge in [0, 0.05) is 34.8 Å². The third kappa shape index (κ3) is 4.36. The molecule has 0 aliphatic carbocycles. The lowest BCUT2D eigenvalue weighted by Gasteiger charge is -2.10. The molecular formula is C20H20BrN3O3. The fourth-order valence-corrected chi connectivity index (χ4v) is 3.30. The van der Waals surface area contributed by atoms with Crippen molar-refractivity contribution in [2.45, 2.75) is 26.3 Å². The Labute approximate surface area is 165 Å². The van der Waals surface area contributed by atoms with Gasteiger partial charge in [0.05, 0.1) is 18.8 Å². The SMILES string of the molecule is COc1ccc(Br)cc1CNC(=O)CCC(=O)n1ncc2c(C)cccc21. The first-order valence-corrected chi connectivity index (χ1v) is 9.34. The van der Waals surface area contributed by atoms with Crippen LogP contribution in [0.5, 0.6) is 5.75 Å². The maximum absolute atomic E-state index is 12.4. The highest BCUT2D eigenvalue weighted by Crippen LogP contribution is 2.23. The number of nitrogens with zero attached hydrogens (tertiary/aromatic N) is 2. The molecule has 27 heavy (non-hydrogen) atoms. The largest absolute Gasteiger partial charge is 0.496 e. The van der Waals surface area contributed by atoms with E-state index in [1.165, 1.54) is 4.68 Å². The van der Waals surface area contributed by atoms with Crippen LogP contribution < -0.4 is 10.1 Å². The summed E-state index contributed by atoms with van der Waals surface area (Å²) in [4.78, 5) is 24.6. The Morgan fingerprint density at radius 1 is 1.22 bits per heavy atom. The van der Waals surface area contributed by atoms with E-state index >= 15 is 0 Å². The third-order valence-electron chi connectivity index (χ3n) is 4.35. The van der Waals surface area contributed by atoms with Gasteiger partial charge in [-0.15, -0.1) is 0 Å². The van der Waals surface area contributed by atoms with Crippen LogP contribution in [0.15, 0.2) is 47.1 Å². The Kier molecular flexibility index (Phi) is 5.91. The predicted octanol–water partition coefficient (Wildman–Crippen LogP) is 3.85. The number of fused-ring (bicyclic) bond motifs is 1. The second-order valence-corrected chi connectivity index (χ2v) is 7.11. The molecule has 3 rings (SSSR count). The molecule has 0 radical (unpaired) electrons. The van der Waals surface area contributed by atoms with E-state index in [1.54, 1.807) is 13.3 Å². The zero-order valence-electron chi connectivity index (χ0n) is 15.2. The summed E-state index contributed by atoms with van der Waals surface area (Å²) in [5, 5.41) is 7.94. The average Bonchev–Trinajstić information content (AvgIpc) is 3.10. The Balaban J connectivity index is 1.58. The van der Waals surface area contributed by atoms with Crippen molar-refractivity contribution in [3.05, 3.63) is 58.2 Å². The van der Waals surface area contributed by atoms with E-state index in [0.29, 0.717) is 12.3 Å². The van der Waals surface area contributed by atoms with Crippen LogP contribution in [0.4, 0.5) is 0 Å². The number of rotatable bonds is 6. The summed E-state index contributed by atoms with van der Waals surface area (Å²) in [6.45, 7) is 2.31. The zero-order valence-corrected chi connectivity index (χ0v) is 16.7. The molecule has 1 heterocycles. The number of amides is 1. The molecule has 0 saturated heterocycles. The highest BCUT2D eigenvalue weighted by molar-refractivity contribution is 9.10. The van der Waals surface area contributed by atoms with Gasteiger partial charge in [-0.05, 0) is 36.8 Å². The number of methoxy groups -OCH3 is 1. The molecule has 140 valence electrons. The first kappa shape index (κ1) is 19.1. The number of aromatic nitrogens is 2. The molecule has 2 aromatic carbocycles.